The standard InChI is InChI=1S/C10H16O2S3/c13-6-5-11-3-4-12-8-9(14)10-2-1-7-15-10/h1-2,7,9,13-14H,3-6,8H2. The Morgan fingerprint density at radius 2 is 2.07 bits per heavy atom. The van der Waals surface area contributed by atoms with E-state index in [1.54, 1.807) is 11.3 Å². The molecule has 0 radical (unpaired) electrons. The highest BCUT2D eigenvalue weighted by molar-refractivity contribution is 7.80. The van der Waals surface area contributed by atoms with Crippen molar-refractivity contribution < 1.29 is 9.47 Å². The Morgan fingerprint density at radius 3 is 2.73 bits per heavy atom. The molecule has 0 N–H and O–H groups in total. The van der Waals surface area contributed by atoms with E-state index in [1.807, 2.05) is 11.4 Å². The molecule has 0 amide bonds. The van der Waals surface area contributed by atoms with Gasteiger partial charge in [0.05, 0.1) is 31.7 Å². The van der Waals surface area contributed by atoms with Gasteiger partial charge in [0.1, 0.15) is 0 Å². The molecule has 0 spiro atoms. The van der Waals surface area contributed by atoms with Gasteiger partial charge in [-0.25, -0.2) is 0 Å². The first-order valence-corrected chi connectivity index (χ1v) is 6.85. The Hall–Kier alpha value is 0.320. The Bertz CT molecular complexity index is 239. The van der Waals surface area contributed by atoms with E-state index in [4.69, 9.17) is 9.47 Å². The molecule has 0 aliphatic heterocycles. The van der Waals surface area contributed by atoms with Gasteiger partial charge in [-0.3, -0.25) is 0 Å². The lowest BCUT2D eigenvalue weighted by atomic mass is 10.3. The van der Waals surface area contributed by atoms with Crippen LogP contribution in [0, 0.1) is 0 Å². The molecule has 0 aromatic carbocycles. The van der Waals surface area contributed by atoms with Crippen LogP contribution in [-0.4, -0.2) is 32.2 Å². The van der Waals surface area contributed by atoms with Crippen molar-refractivity contribution in [1.82, 2.24) is 0 Å². The normalized spacial score (nSPS) is 12.9. The summed E-state index contributed by atoms with van der Waals surface area (Å²) in [6.07, 6.45) is 0. The molecule has 5 heteroatoms. The summed E-state index contributed by atoms with van der Waals surface area (Å²) in [4.78, 5) is 1.25. The highest BCUT2D eigenvalue weighted by Crippen LogP contribution is 2.24. The molecule has 0 bridgehead atoms. The number of ether oxygens (including phenoxy) is 2. The van der Waals surface area contributed by atoms with E-state index in [2.05, 4.69) is 31.3 Å². The quantitative estimate of drug-likeness (QED) is 0.555. The van der Waals surface area contributed by atoms with Gasteiger partial charge in [0.15, 0.2) is 0 Å². The van der Waals surface area contributed by atoms with E-state index in [0.29, 0.717) is 26.4 Å². The maximum atomic E-state index is 5.45. The molecule has 86 valence electrons. The van der Waals surface area contributed by atoms with Crippen LogP contribution in [0.5, 0.6) is 0 Å². The van der Waals surface area contributed by atoms with Crippen LogP contribution in [0.1, 0.15) is 10.1 Å². The molecular weight excluding hydrogens is 248 g/mol. The van der Waals surface area contributed by atoms with Gasteiger partial charge in [-0.1, -0.05) is 6.07 Å². The van der Waals surface area contributed by atoms with Gasteiger partial charge in [-0.2, -0.15) is 25.3 Å². The van der Waals surface area contributed by atoms with Gasteiger partial charge in [-0.15, -0.1) is 11.3 Å². The van der Waals surface area contributed by atoms with Crippen LogP contribution >= 0.6 is 36.6 Å². The molecule has 15 heavy (non-hydrogen) atoms. The molecule has 1 rings (SSSR count). The van der Waals surface area contributed by atoms with Gasteiger partial charge in [0.2, 0.25) is 0 Å². The highest BCUT2D eigenvalue weighted by atomic mass is 32.1. The molecule has 1 unspecified atom stereocenters. The summed E-state index contributed by atoms with van der Waals surface area (Å²) < 4.78 is 10.7. The van der Waals surface area contributed by atoms with Gasteiger partial charge < -0.3 is 9.47 Å². The van der Waals surface area contributed by atoms with E-state index in [-0.39, 0.29) is 5.25 Å². The van der Waals surface area contributed by atoms with Crippen LogP contribution in [0.2, 0.25) is 0 Å². The molecule has 1 heterocycles. The van der Waals surface area contributed by atoms with Crippen molar-refractivity contribution in [3.63, 3.8) is 0 Å². The summed E-state index contributed by atoms with van der Waals surface area (Å²) >= 11 is 10.2. The molecule has 1 aromatic rings. The summed E-state index contributed by atoms with van der Waals surface area (Å²) in [5.41, 5.74) is 0. The topological polar surface area (TPSA) is 18.5 Å². The van der Waals surface area contributed by atoms with E-state index < -0.39 is 0 Å². The predicted octanol–water partition coefficient (Wildman–Crippen LogP) is 2.68. The van der Waals surface area contributed by atoms with Gasteiger partial charge in [0, 0.05) is 10.6 Å². The van der Waals surface area contributed by atoms with Crippen molar-refractivity contribution >= 4 is 36.6 Å². The molecule has 0 aliphatic carbocycles. The van der Waals surface area contributed by atoms with Crippen LogP contribution in [-0.2, 0) is 9.47 Å². The van der Waals surface area contributed by atoms with Crippen molar-refractivity contribution in [2.75, 3.05) is 32.2 Å². The second-order valence-electron chi connectivity index (χ2n) is 2.94. The lowest BCUT2D eigenvalue weighted by Gasteiger charge is -2.09. The molecular formula is C10H16O2S3. The average molecular weight is 264 g/mol. The van der Waals surface area contributed by atoms with Gasteiger partial charge in [-0.05, 0) is 11.4 Å². The molecule has 0 aliphatic rings. The maximum absolute atomic E-state index is 5.45. The molecule has 0 saturated carbocycles. The molecule has 1 aromatic heterocycles. The Balaban J connectivity index is 2.00. The van der Waals surface area contributed by atoms with Crippen LogP contribution < -0.4 is 0 Å². The molecule has 1 atom stereocenters. The van der Waals surface area contributed by atoms with Crippen molar-refractivity contribution in [2.24, 2.45) is 0 Å². The maximum Gasteiger partial charge on any atom is 0.0701 e. The first-order valence-electron chi connectivity index (χ1n) is 4.82. The fraction of sp³-hybridized carbons (Fsp3) is 0.600. The number of hydrogen-bond acceptors (Lipinski definition) is 5. The first-order chi connectivity index (χ1) is 7.34. The van der Waals surface area contributed by atoms with Crippen LogP contribution in [0.3, 0.4) is 0 Å². The summed E-state index contributed by atoms with van der Waals surface area (Å²) in [6, 6.07) is 4.10. The number of thiophene rings is 1. The monoisotopic (exact) mass is 264 g/mol. The Morgan fingerprint density at radius 1 is 1.27 bits per heavy atom. The van der Waals surface area contributed by atoms with Crippen molar-refractivity contribution in [3.8, 4) is 0 Å². The van der Waals surface area contributed by atoms with Crippen molar-refractivity contribution in [1.29, 1.82) is 0 Å². The number of hydrogen-bond donors (Lipinski definition) is 2. The van der Waals surface area contributed by atoms with Crippen LogP contribution in [0.4, 0.5) is 0 Å². The minimum absolute atomic E-state index is 0.176. The third kappa shape index (κ3) is 5.82. The lowest BCUT2D eigenvalue weighted by molar-refractivity contribution is 0.0548. The average Bonchev–Trinajstić information content (AvgIpc) is 2.76. The van der Waals surface area contributed by atoms with Crippen molar-refractivity contribution in [3.05, 3.63) is 22.4 Å². The fourth-order valence-corrected chi connectivity index (χ4v) is 2.24. The van der Waals surface area contributed by atoms with Crippen LogP contribution in [0.25, 0.3) is 0 Å². The molecule has 0 fully saturated rings. The SMILES string of the molecule is SCCOCCOCC(S)c1cccs1. The zero-order valence-electron chi connectivity index (χ0n) is 8.46. The minimum atomic E-state index is 0.176. The summed E-state index contributed by atoms with van der Waals surface area (Å²) in [5, 5.41) is 2.23. The van der Waals surface area contributed by atoms with Crippen LogP contribution in [0.15, 0.2) is 17.5 Å². The largest absolute Gasteiger partial charge is 0.378 e. The fourth-order valence-electron chi connectivity index (χ4n) is 1.04. The zero-order chi connectivity index (χ0) is 10.9. The highest BCUT2D eigenvalue weighted by Gasteiger charge is 2.06. The third-order valence-corrected chi connectivity index (χ3v) is 3.53. The Labute approximate surface area is 106 Å². The summed E-state index contributed by atoms with van der Waals surface area (Å²) in [5.74, 6) is 0.754. The summed E-state index contributed by atoms with van der Waals surface area (Å²) in [7, 11) is 0. The van der Waals surface area contributed by atoms with E-state index in [0.717, 1.165) is 5.75 Å². The smallest absolute Gasteiger partial charge is 0.0701 e. The molecule has 0 saturated heterocycles. The molecule has 2 nitrogen and oxygen atoms in total. The van der Waals surface area contributed by atoms with E-state index in [1.165, 1.54) is 4.88 Å². The van der Waals surface area contributed by atoms with Gasteiger partial charge >= 0.3 is 0 Å². The first kappa shape index (κ1) is 13.4. The third-order valence-electron chi connectivity index (χ3n) is 1.75. The second kappa shape index (κ2) is 8.47. The van der Waals surface area contributed by atoms with E-state index in [9.17, 15) is 0 Å². The lowest BCUT2D eigenvalue weighted by Crippen LogP contribution is -2.08. The summed E-state index contributed by atoms with van der Waals surface area (Å²) in [6.45, 7) is 2.57. The second-order valence-corrected chi connectivity index (χ2v) is 4.99. The van der Waals surface area contributed by atoms with E-state index >= 15 is 0 Å². The predicted molar refractivity (Wildman–Crippen MR) is 71.5 cm³/mol. The number of thiol groups is 2. The Kier molecular flexibility index (Phi) is 7.56. The zero-order valence-corrected chi connectivity index (χ0v) is 11.1. The minimum Gasteiger partial charge on any atom is -0.378 e. The van der Waals surface area contributed by atoms with Crippen molar-refractivity contribution in [2.45, 2.75) is 5.25 Å². The number of rotatable bonds is 8. The van der Waals surface area contributed by atoms with Gasteiger partial charge in [0.25, 0.3) is 0 Å².